The van der Waals surface area contributed by atoms with Gasteiger partial charge in [0.25, 0.3) is 0 Å². The Balaban J connectivity index is 1.57. The molecule has 0 aromatic rings. The van der Waals surface area contributed by atoms with E-state index in [1.54, 1.807) is 0 Å². The van der Waals surface area contributed by atoms with Crippen molar-refractivity contribution in [2.45, 2.75) is 85.1 Å². The third kappa shape index (κ3) is 3.27. The van der Waals surface area contributed by atoms with Gasteiger partial charge in [0.1, 0.15) is 0 Å². The van der Waals surface area contributed by atoms with E-state index >= 15 is 0 Å². The number of carboxylic acids is 1. The molecule has 0 aliphatic heterocycles. The second-order valence-electron chi connectivity index (χ2n) is 11.6. The Morgan fingerprint density at radius 1 is 1.10 bits per heavy atom. The van der Waals surface area contributed by atoms with Crippen LogP contribution in [0.1, 0.15) is 79.6 Å². The van der Waals surface area contributed by atoms with Gasteiger partial charge in [-0.05, 0) is 100 Å². The molecule has 3 saturated carbocycles. The molecule has 0 aromatic carbocycles. The van der Waals surface area contributed by atoms with Gasteiger partial charge in [-0.1, -0.05) is 25.5 Å². The lowest BCUT2D eigenvalue weighted by Gasteiger charge is -2.57. The number of nitrogens with one attached hydrogen (secondary N) is 1. The van der Waals surface area contributed by atoms with Crippen LogP contribution in [-0.2, 0) is 9.59 Å². The zero-order valence-corrected chi connectivity index (χ0v) is 18.7. The summed E-state index contributed by atoms with van der Waals surface area (Å²) in [6.45, 7) is 10.9. The van der Waals surface area contributed by atoms with Crippen molar-refractivity contribution in [3.05, 3.63) is 23.3 Å². The molecule has 4 heteroatoms. The highest BCUT2D eigenvalue weighted by Crippen LogP contribution is 2.66. The summed E-state index contributed by atoms with van der Waals surface area (Å²) in [5, 5.41) is 12.7. The third-order valence-electron chi connectivity index (χ3n) is 8.87. The summed E-state index contributed by atoms with van der Waals surface area (Å²) >= 11 is 0. The van der Waals surface area contributed by atoms with Crippen molar-refractivity contribution < 1.29 is 14.7 Å². The number of aliphatic carboxylic acids is 1. The summed E-state index contributed by atoms with van der Waals surface area (Å²) in [6, 6.07) is 0. The maximum atomic E-state index is 13.1. The van der Waals surface area contributed by atoms with E-state index in [0.29, 0.717) is 23.3 Å². The van der Waals surface area contributed by atoms with Crippen LogP contribution in [0.4, 0.5) is 0 Å². The van der Waals surface area contributed by atoms with Gasteiger partial charge in [0.05, 0.1) is 5.57 Å². The molecule has 0 unspecified atom stereocenters. The van der Waals surface area contributed by atoms with E-state index in [1.165, 1.54) is 5.57 Å². The lowest BCUT2D eigenvalue weighted by Crippen LogP contribution is -2.53. The van der Waals surface area contributed by atoms with Crippen molar-refractivity contribution >= 4 is 11.9 Å². The van der Waals surface area contributed by atoms with E-state index in [-0.39, 0.29) is 28.2 Å². The molecule has 0 radical (unpaired) electrons. The summed E-state index contributed by atoms with van der Waals surface area (Å²) in [4.78, 5) is 24.5. The van der Waals surface area contributed by atoms with Crippen molar-refractivity contribution in [2.75, 3.05) is 0 Å². The van der Waals surface area contributed by atoms with Crippen LogP contribution in [0.25, 0.3) is 0 Å². The molecule has 0 saturated heterocycles. The predicted octanol–water partition coefficient (Wildman–Crippen LogP) is 5.10. The average Bonchev–Trinajstić information content (AvgIpc) is 2.96. The number of amides is 1. The number of fused-ring (bicyclic) bond motifs is 5. The Labute approximate surface area is 175 Å². The Morgan fingerprint density at radius 3 is 2.48 bits per heavy atom. The van der Waals surface area contributed by atoms with Crippen LogP contribution in [0.3, 0.4) is 0 Å². The minimum Gasteiger partial charge on any atom is -0.478 e. The topological polar surface area (TPSA) is 66.4 Å². The summed E-state index contributed by atoms with van der Waals surface area (Å²) in [6.07, 6.45) is 11.3. The molecule has 160 valence electrons. The fourth-order valence-electron chi connectivity index (χ4n) is 7.45. The van der Waals surface area contributed by atoms with Gasteiger partial charge in [-0.2, -0.15) is 0 Å². The first-order valence-corrected chi connectivity index (χ1v) is 11.4. The minimum atomic E-state index is -0.804. The second-order valence-corrected chi connectivity index (χ2v) is 11.6. The van der Waals surface area contributed by atoms with Crippen molar-refractivity contribution in [3.8, 4) is 0 Å². The van der Waals surface area contributed by atoms with E-state index in [0.717, 1.165) is 44.9 Å². The maximum Gasteiger partial charge on any atom is 0.335 e. The lowest BCUT2D eigenvalue weighted by molar-refractivity contribution is -0.133. The Hall–Kier alpha value is -1.58. The molecule has 6 atom stereocenters. The van der Waals surface area contributed by atoms with Crippen LogP contribution < -0.4 is 5.32 Å². The molecule has 29 heavy (non-hydrogen) atoms. The molecule has 0 aromatic heterocycles. The van der Waals surface area contributed by atoms with Crippen LogP contribution in [0.2, 0.25) is 0 Å². The summed E-state index contributed by atoms with van der Waals surface area (Å²) < 4.78 is 0. The molecule has 4 aliphatic rings. The van der Waals surface area contributed by atoms with Crippen LogP contribution in [-0.4, -0.2) is 22.5 Å². The standard InChI is InChI=1S/C25H37NO3/c1-23(2,3)26-21(27)20-9-8-18-17-7-6-16-14-15(22(28)29)10-12-24(16,4)19(17)11-13-25(18,20)5/h10,14,17-20H,6-9,11-13H2,1-5H3,(H,26,27)(H,28,29)/t17-,18-,19-,20+,24-,25-/m0/s1. The van der Waals surface area contributed by atoms with Crippen LogP contribution in [0, 0.1) is 34.5 Å². The van der Waals surface area contributed by atoms with Gasteiger partial charge in [0.2, 0.25) is 5.91 Å². The van der Waals surface area contributed by atoms with Crippen molar-refractivity contribution in [2.24, 2.45) is 34.5 Å². The molecule has 1 amide bonds. The van der Waals surface area contributed by atoms with Gasteiger partial charge in [-0.3, -0.25) is 4.79 Å². The molecule has 0 bridgehead atoms. The van der Waals surface area contributed by atoms with Gasteiger partial charge in [0.15, 0.2) is 0 Å². The lowest BCUT2D eigenvalue weighted by atomic mass is 9.47. The van der Waals surface area contributed by atoms with Crippen molar-refractivity contribution in [1.82, 2.24) is 5.32 Å². The molecule has 0 heterocycles. The van der Waals surface area contributed by atoms with E-state index < -0.39 is 5.97 Å². The molecular formula is C25H37NO3. The number of carboxylic acid groups (broad SMARTS) is 1. The second kappa shape index (κ2) is 6.72. The van der Waals surface area contributed by atoms with E-state index in [4.69, 9.17) is 0 Å². The predicted molar refractivity (Wildman–Crippen MR) is 114 cm³/mol. The quantitative estimate of drug-likeness (QED) is 0.679. The smallest absolute Gasteiger partial charge is 0.335 e. The SMILES string of the molecule is CC(C)(C)NC(=O)[C@H]1CC[C@H]2[C@@H]3CCC4=CC(C(=O)O)=CC[C@]4(C)[C@H]3CC[C@]12C. The van der Waals surface area contributed by atoms with Gasteiger partial charge >= 0.3 is 5.97 Å². The molecular weight excluding hydrogens is 362 g/mol. The van der Waals surface area contributed by atoms with Crippen LogP contribution in [0.15, 0.2) is 23.3 Å². The van der Waals surface area contributed by atoms with Gasteiger partial charge in [-0.25, -0.2) is 4.79 Å². The fourth-order valence-corrected chi connectivity index (χ4v) is 7.45. The zero-order valence-electron chi connectivity index (χ0n) is 18.7. The highest BCUT2D eigenvalue weighted by atomic mass is 16.4. The average molecular weight is 400 g/mol. The number of carbonyl (C=O) groups is 2. The first-order valence-electron chi connectivity index (χ1n) is 11.4. The highest BCUT2D eigenvalue weighted by Gasteiger charge is 2.60. The van der Waals surface area contributed by atoms with Crippen LogP contribution >= 0.6 is 0 Å². The molecule has 4 nitrogen and oxygen atoms in total. The molecule has 3 fully saturated rings. The number of rotatable bonds is 2. The zero-order chi connectivity index (χ0) is 21.2. The van der Waals surface area contributed by atoms with E-state index in [2.05, 4.69) is 39.9 Å². The molecule has 4 rings (SSSR count). The fraction of sp³-hybridized carbons (Fsp3) is 0.760. The molecule has 4 aliphatic carbocycles. The Morgan fingerprint density at radius 2 is 1.83 bits per heavy atom. The van der Waals surface area contributed by atoms with Crippen LogP contribution in [0.5, 0.6) is 0 Å². The first kappa shape index (κ1) is 20.7. The summed E-state index contributed by atoms with van der Waals surface area (Å²) in [5.41, 5.74) is 1.83. The maximum absolute atomic E-state index is 13.1. The summed E-state index contributed by atoms with van der Waals surface area (Å²) in [5.74, 6) is 1.44. The summed E-state index contributed by atoms with van der Waals surface area (Å²) in [7, 11) is 0. The minimum absolute atomic E-state index is 0.0922. The number of hydrogen-bond donors (Lipinski definition) is 2. The number of hydrogen-bond acceptors (Lipinski definition) is 2. The molecule has 0 spiro atoms. The van der Waals surface area contributed by atoms with Crippen molar-refractivity contribution in [1.29, 1.82) is 0 Å². The number of allylic oxidation sites excluding steroid dienone is 2. The van der Waals surface area contributed by atoms with Gasteiger partial charge in [0, 0.05) is 11.5 Å². The van der Waals surface area contributed by atoms with E-state index in [1.807, 2.05) is 12.2 Å². The monoisotopic (exact) mass is 399 g/mol. The Kier molecular flexibility index (Phi) is 4.79. The normalized spacial score (nSPS) is 41.4. The molecule has 2 N–H and O–H groups in total. The largest absolute Gasteiger partial charge is 0.478 e. The highest BCUT2D eigenvalue weighted by molar-refractivity contribution is 5.90. The third-order valence-corrected chi connectivity index (χ3v) is 8.87. The Bertz CT molecular complexity index is 788. The van der Waals surface area contributed by atoms with Gasteiger partial charge in [-0.15, -0.1) is 0 Å². The first-order chi connectivity index (χ1) is 13.5. The van der Waals surface area contributed by atoms with Gasteiger partial charge < -0.3 is 10.4 Å². The van der Waals surface area contributed by atoms with Crippen molar-refractivity contribution in [3.63, 3.8) is 0 Å². The number of carbonyl (C=O) groups excluding carboxylic acids is 1. The van der Waals surface area contributed by atoms with E-state index in [9.17, 15) is 14.7 Å².